The summed E-state index contributed by atoms with van der Waals surface area (Å²) in [6, 6.07) is 0. The first-order chi connectivity index (χ1) is 7.93. The van der Waals surface area contributed by atoms with Crippen molar-refractivity contribution in [3.63, 3.8) is 0 Å². The maximum Gasteiger partial charge on any atom is 0.147 e. The summed E-state index contributed by atoms with van der Waals surface area (Å²) in [5.41, 5.74) is 8.41. The Hall–Kier alpha value is -1.19. The van der Waals surface area contributed by atoms with Crippen molar-refractivity contribution in [2.45, 2.75) is 46.0 Å². The highest BCUT2D eigenvalue weighted by Gasteiger charge is 2.32. The third-order valence-corrected chi connectivity index (χ3v) is 3.90. The summed E-state index contributed by atoms with van der Waals surface area (Å²) in [7, 11) is 1.95. The van der Waals surface area contributed by atoms with Gasteiger partial charge in [0.1, 0.15) is 5.82 Å². The fourth-order valence-corrected chi connectivity index (χ4v) is 2.45. The van der Waals surface area contributed by atoms with E-state index in [0.29, 0.717) is 11.3 Å². The molecule has 0 saturated heterocycles. The van der Waals surface area contributed by atoms with E-state index in [4.69, 9.17) is 5.73 Å². The SMILES string of the molecule is CC(C)c1nn(C)c(NCC2(C)CCC2)c1N. The maximum absolute atomic E-state index is 6.15. The van der Waals surface area contributed by atoms with E-state index in [1.165, 1.54) is 19.3 Å². The van der Waals surface area contributed by atoms with E-state index in [-0.39, 0.29) is 0 Å². The van der Waals surface area contributed by atoms with Crippen molar-refractivity contribution >= 4 is 11.5 Å². The summed E-state index contributed by atoms with van der Waals surface area (Å²) in [6.45, 7) is 7.57. The minimum atomic E-state index is 0.371. The van der Waals surface area contributed by atoms with E-state index >= 15 is 0 Å². The Balaban J connectivity index is 2.10. The summed E-state index contributed by atoms with van der Waals surface area (Å²) in [5, 5.41) is 7.96. The summed E-state index contributed by atoms with van der Waals surface area (Å²) >= 11 is 0. The molecule has 1 aliphatic carbocycles. The topological polar surface area (TPSA) is 55.9 Å². The number of nitrogen functional groups attached to an aromatic ring is 1. The second-order valence-electron chi connectivity index (χ2n) is 5.94. The van der Waals surface area contributed by atoms with Crippen molar-refractivity contribution in [1.82, 2.24) is 9.78 Å². The van der Waals surface area contributed by atoms with Gasteiger partial charge >= 0.3 is 0 Å². The summed E-state index contributed by atoms with van der Waals surface area (Å²) in [5.74, 6) is 1.35. The molecule has 4 heteroatoms. The average molecular weight is 236 g/mol. The fourth-order valence-electron chi connectivity index (χ4n) is 2.45. The lowest BCUT2D eigenvalue weighted by Crippen LogP contribution is -2.33. The molecule has 0 amide bonds. The Kier molecular flexibility index (Phi) is 3.06. The van der Waals surface area contributed by atoms with Gasteiger partial charge in [0, 0.05) is 13.6 Å². The Morgan fingerprint density at radius 2 is 2.12 bits per heavy atom. The van der Waals surface area contributed by atoms with E-state index < -0.39 is 0 Å². The number of rotatable bonds is 4. The first-order valence-electron chi connectivity index (χ1n) is 6.49. The molecule has 96 valence electrons. The minimum Gasteiger partial charge on any atom is -0.394 e. The van der Waals surface area contributed by atoms with Crippen LogP contribution in [0.15, 0.2) is 0 Å². The van der Waals surface area contributed by atoms with E-state index in [9.17, 15) is 0 Å². The highest BCUT2D eigenvalue weighted by Crippen LogP contribution is 2.40. The molecule has 0 spiro atoms. The second kappa shape index (κ2) is 4.24. The predicted octanol–water partition coefficient (Wildman–Crippen LogP) is 2.73. The molecule has 0 aromatic carbocycles. The molecule has 17 heavy (non-hydrogen) atoms. The van der Waals surface area contributed by atoms with Crippen molar-refractivity contribution in [2.24, 2.45) is 12.5 Å². The molecule has 1 saturated carbocycles. The lowest BCUT2D eigenvalue weighted by Gasteiger charge is -2.38. The molecule has 2 rings (SSSR count). The van der Waals surface area contributed by atoms with Gasteiger partial charge in [-0.3, -0.25) is 4.68 Å². The Morgan fingerprint density at radius 1 is 1.47 bits per heavy atom. The molecular weight excluding hydrogens is 212 g/mol. The Labute approximate surface area is 104 Å². The summed E-state index contributed by atoms with van der Waals surface area (Å²) < 4.78 is 1.87. The molecule has 0 atom stereocenters. The average Bonchev–Trinajstić information content (AvgIpc) is 2.49. The monoisotopic (exact) mass is 236 g/mol. The molecule has 1 heterocycles. The smallest absolute Gasteiger partial charge is 0.147 e. The van der Waals surface area contributed by atoms with Gasteiger partial charge in [-0.25, -0.2) is 0 Å². The molecule has 1 aromatic heterocycles. The van der Waals surface area contributed by atoms with Crippen molar-refractivity contribution in [1.29, 1.82) is 0 Å². The van der Waals surface area contributed by atoms with E-state index in [1.54, 1.807) is 0 Å². The second-order valence-corrected chi connectivity index (χ2v) is 5.94. The summed E-state index contributed by atoms with van der Waals surface area (Å²) in [4.78, 5) is 0. The standard InChI is InChI=1S/C13H24N4/c1-9(2)11-10(14)12(17(4)16-11)15-8-13(3)6-5-7-13/h9,15H,5-8,14H2,1-4H3. The number of nitrogens with two attached hydrogens (primary N) is 1. The molecule has 4 nitrogen and oxygen atoms in total. The van der Waals surface area contributed by atoms with Crippen molar-refractivity contribution in [3.8, 4) is 0 Å². The van der Waals surface area contributed by atoms with Crippen LogP contribution in [0.2, 0.25) is 0 Å². The van der Waals surface area contributed by atoms with Crippen LogP contribution in [0.1, 0.15) is 51.6 Å². The predicted molar refractivity (Wildman–Crippen MR) is 72.2 cm³/mol. The Morgan fingerprint density at radius 3 is 2.53 bits per heavy atom. The molecule has 1 fully saturated rings. The molecule has 1 aromatic rings. The Bertz CT molecular complexity index is 402. The fraction of sp³-hybridized carbons (Fsp3) is 0.769. The van der Waals surface area contributed by atoms with Crippen LogP contribution in [0.25, 0.3) is 0 Å². The van der Waals surface area contributed by atoms with E-state index in [0.717, 1.165) is 23.7 Å². The van der Waals surface area contributed by atoms with Crippen LogP contribution in [0.5, 0.6) is 0 Å². The number of aryl methyl sites for hydroxylation is 1. The van der Waals surface area contributed by atoms with Crippen molar-refractivity contribution in [2.75, 3.05) is 17.6 Å². The van der Waals surface area contributed by atoms with Crippen LogP contribution in [-0.4, -0.2) is 16.3 Å². The van der Waals surface area contributed by atoms with Gasteiger partial charge in [-0.1, -0.05) is 27.2 Å². The lowest BCUT2D eigenvalue weighted by atomic mass is 9.70. The molecule has 1 aliphatic rings. The van der Waals surface area contributed by atoms with Crippen LogP contribution in [0.4, 0.5) is 11.5 Å². The minimum absolute atomic E-state index is 0.371. The zero-order valence-electron chi connectivity index (χ0n) is 11.4. The normalized spacial score (nSPS) is 18.2. The van der Waals surface area contributed by atoms with Gasteiger partial charge in [-0.05, 0) is 24.2 Å². The third kappa shape index (κ3) is 2.26. The summed E-state index contributed by atoms with van der Waals surface area (Å²) in [6.07, 6.45) is 3.99. The highest BCUT2D eigenvalue weighted by molar-refractivity contribution is 5.65. The van der Waals surface area contributed by atoms with Crippen LogP contribution in [-0.2, 0) is 7.05 Å². The highest BCUT2D eigenvalue weighted by atomic mass is 15.3. The van der Waals surface area contributed by atoms with Gasteiger partial charge in [0.25, 0.3) is 0 Å². The van der Waals surface area contributed by atoms with Crippen molar-refractivity contribution < 1.29 is 0 Å². The van der Waals surface area contributed by atoms with Crippen LogP contribution in [0, 0.1) is 5.41 Å². The third-order valence-electron chi connectivity index (χ3n) is 3.90. The number of nitrogens with one attached hydrogen (secondary N) is 1. The maximum atomic E-state index is 6.15. The van der Waals surface area contributed by atoms with Gasteiger partial charge in [-0.2, -0.15) is 5.10 Å². The van der Waals surface area contributed by atoms with E-state index in [2.05, 4.69) is 31.2 Å². The van der Waals surface area contributed by atoms with Gasteiger partial charge in [0.05, 0.1) is 11.4 Å². The molecular formula is C13H24N4. The molecule has 0 unspecified atom stereocenters. The molecule has 3 N–H and O–H groups in total. The van der Waals surface area contributed by atoms with Crippen LogP contribution in [0.3, 0.4) is 0 Å². The first kappa shape index (κ1) is 12.3. The molecule has 0 bridgehead atoms. The van der Waals surface area contributed by atoms with Crippen molar-refractivity contribution in [3.05, 3.63) is 5.69 Å². The quantitative estimate of drug-likeness (QED) is 0.845. The number of hydrogen-bond donors (Lipinski definition) is 2. The van der Waals surface area contributed by atoms with Crippen LogP contribution < -0.4 is 11.1 Å². The van der Waals surface area contributed by atoms with Gasteiger partial charge in [0.2, 0.25) is 0 Å². The number of aromatic nitrogens is 2. The van der Waals surface area contributed by atoms with Gasteiger partial charge in [-0.15, -0.1) is 0 Å². The van der Waals surface area contributed by atoms with E-state index in [1.807, 2.05) is 11.7 Å². The molecule has 0 radical (unpaired) electrons. The number of nitrogens with zero attached hydrogens (tertiary/aromatic N) is 2. The van der Waals surface area contributed by atoms with Gasteiger partial charge < -0.3 is 11.1 Å². The zero-order valence-corrected chi connectivity index (χ0v) is 11.4. The zero-order chi connectivity index (χ0) is 12.6. The lowest BCUT2D eigenvalue weighted by molar-refractivity contribution is 0.179. The number of anilines is 2. The first-order valence-corrected chi connectivity index (χ1v) is 6.49. The number of hydrogen-bond acceptors (Lipinski definition) is 3. The largest absolute Gasteiger partial charge is 0.394 e. The van der Waals surface area contributed by atoms with Gasteiger partial charge in [0.15, 0.2) is 0 Å². The molecule has 0 aliphatic heterocycles. The van der Waals surface area contributed by atoms with Crippen LogP contribution >= 0.6 is 0 Å².